The molecule has 1 aliphatic carbocycles. The van der Waals surface area contributed by atoms with Crippen molar-refractivity contribution in [1.29, 1.82) is 0 Å². The van der Waals surface area contributed by atoms with E-state index in [2.05, 4.69) is 29.6 Å². The van der Waals surface area contributed by atoms with Crippen molar-refractivity contribution in [3.05, 3.63) is 62.3 Å². The maximum absolute atomic E-state index is 13.1. The zero-order valence-electron chi connectivity index (χ0n) is 21.7. The van der Waals surface area contributed by atoms with Crippen LogP contribution >= 0.6 is 34.7 Å². The second kappa shape index (κ2) is 10.3. The van der Waals surface area contributed by atoms with Crippen molar-refractivity contribution in [3.8, 4) is 0 Å². The molecule has 13 heteroatoms. The normalized spacial score (nSPS) is 19.5. The fourth-order valence-corrected chi connectivity index (χ4v) is 8.42. The zero-order chi connectivity index (χ0) is 27.4. The molecule has 1 aromatic carbocycles. The number of piperidine rings is 1. The van der Waals surface area contributed by atoms with E-state index in [1.165, 1.54) is 23.0 Å². The molecule has 1 fully saturated rings. The van der Waals surface area contributed by atoms with E-state index in [0.717, 1.165) is 48.8 Å². The van der Waals surface area contributed by atoms with Crippen molar-refractivity contribution < 1.29 is 4.55 Å². The van der Waals surface area contributed by atoms with E-state index in [4.69, 9.17) is 16.6 Å². The number of halogens is 1. The molecule has 2 aliphatic rings. The minimum atomic E-state index is -1.16. The summed E-state index contributed by atoms with van der Waals surface area (Å²) >= 11 is 8.40. The first-order chi connectivity index (χ1) is 18.6. The van der Waals surface area contributed by atoms with E-state index < -0.39 is 11.4 Å². The number of fused-ring (bicyclic) bond motifs is 2. The van der Waals surface area contributed by atoms with Gasteiger partial charge in [-0.3, -0.25) is 4.79 Å². The van der Waals surface area contributed by atoms with E-state index >= 15 is 0 Å². The van der Waals surface area contributed by atoms with E-state index in [1.807, 2.05) is 32.3 Å². The number of hydrogen-bond donors (Lipinski definition) is 2. The van der Waals surface area contributed by atoms with Crippen LogP contribution in [0.5, 0.6) is 0 Å². The molecular formula is C26H28ClN7O2S3. The number of benzene rings is 1. The maximum Gasteiger partial charge on any atom is 0.260 e. The highest BCUT2D eigenvalue weighted by atomic mass is 35.5. The summed E-state index contributed by atoms with van der Waals surface area (Å²) in [5.74, 6) is 0.827. The third-order valence-electron chi connectivity index (χ3n) is 7.47. The van der Waals surface area contributed by atoms with Crippen LogP contribution in [0.3, 0.4) is 0 Å². The van der Waals surface area contributed by atoms with Crippen LogP contribution < -0.4 is 15.2 Å². The summed E-state index contributed by atoms with van der Waals surface area (Å²) in [6.07, 6.45) is 7.70. The van der Waals surface area contributed by atoms with Crippen LogP contribution in [0.15, 0.2) is 51.1 Å². The molecule has 1 aliphatic heterocycles. The molecule has 2 N–H and O–H groups in total. The fourth-order valence-electron chi connectivity index (χ4n) is 5.29. The van der Waals surface area contributed by atoms with Gasteiger partial charge in [0.25, 0.3) is 5.56 Å². The van der Waals surface area contributed by atoms with Crippen molar-refractivity contribution in [1.82, 2.24) is 29.6 Å². The number of aromatic nitrogens is 5. The molecule has 0 radical (unpaired) electrons. The van der Waals surface area contributed by atoms with Crippen LogP contribution in [-0.2, 0) is 17.8 Å². The topological polar surface area (TPSA) is 123 Å². The number of nitrogens with zero attached hydrogens (tertiary/aromatic N) is 5. The van der Waals surface area contributed by atoms with Gasteiger partial charge >= 0.3 is 0 Å². The average Bonchev–Trinajstić information content (AvgIpc) is 3.46. The van der Waals surface area contributed by atoms with Crippen LogP contribution in [0.4, 0.5) is 5.82 Å². The maximum atomic E-state index is 13.1. The van der Waals surface area contributed by atoms with Gasteiger partial charge in [0.2, 0.25) is 0 Å². The fraction of sp³-hybridized carbons (Fsp3) is 0.423. The lowest BCUT2D eigenvalue weighted by Crippen LogP contribution is -2.49. The van der Waals surface area contributed by atoms with E-state index in [1.54, 1.807) is 29.8 Å². The van der Waals surface area contributed by atoms with Gasteiger partial charge < -0.3 is 14.4 Å². The Morgan fingerprint density at radius 2 is 2.00 bits per heavy atom. The van der Waals surface area contributed by atoms with Gasteiger partial charge in [0.1, 0.15) is 15.6 Å². The number of rotatable bonds is 5. The van der Waals surface area contributed by atoms with Gasteiger partial charge in [-0.05, 0) is 52.2 Å². The Kier molecular flexibility index (Phi) is 7.13. The minimum Gasteiger partial charge on any atom is -0.598 e. The number of nitrogens with one attached hydrogen (secondary N) is 2. The van der Waals surface area contributed by atoms with Crippen LogP contribution in [0, 0.1) is 5.41 Å². The molecule has 3 aromatic heterocycles. The molecular weight excluding hydrogens is 574 g/mol. The van der Waals surface area contributed by atoms with Crippen LogP contribution in [0.25, 0.3) is 10.9 Å². The molecule has 4 aromatic rings. The Morgan fingerprint density at radius 3 is 2.72 bits per heavy atom. The summed E-state index contributed by atoms with van der Waals surface area (Å²) in [6.45, 7) is 7.67. The van der Waals surface area contributed by atoms with E-state index in [-0.39, 0.29) is 21.8 Å². The van der Waals surface area contributed by atoms with Crippen molar-refractivity contribution >= 4 is 62.8 Å². The Labute approximate surface area is 242 Å². The summed E-state index contributed by atoms with van der Waals surface area (Å²) in [4.78, 5) is 37.1. The SMILES string of the molecule is CC(C)(C)[S+]([O-])N[C@@H]1c2scnc2CC12CCN(c1cnc(Sc3ccc4nc[nH]c(=O)c4c3Cl)cn1)CC2. The second-order valence-electron chi connectivity index (χ2n) is 10.9. The van der Waals surface area contributed by atoms with Crippen LogP contribution in [0.2, 0.25) is 5.02 Å². The molecule has 4 heterocycles. The smallest absolute Gasteiger partial charge is 0.260 e. The first kappa shape index (κ1) is 27.0. The lowest BCUT2D eigenvalue weighted by atomic mass is 9.74. The second-order valence-corrected chi connectivity index (χ2v) is 15.3. The molecule has 1 saturated heterocycles. The quantitative estimate of drug-likeness (QED) is 0.307. The number of hydrogen-bond acceptors (Lipinski definition) is 10. The third-order valence-corrected chi connectivity index (χ3v) is 11.5. The highest BCUT2D eigenvalue weighted by Crippen LogP contribution is 2.53. The lowest BCUT2D eigenvalue weighted by molar-refractivity contribution is 0.176. The molecule has 0 saturated carbocycles. The molecule has 9 nitrogen and oxygen atoms in total. The summed E-state index contributed by atoms with van der Waals surface area (Å²) in [5, 5.41) is 1.41. The van der Waals surface area contributed by atoms with Crippen molar-refractivity contribution in [2.75, 3.05) is 18.0 Å². The predicted molar refractivity (Wildman–Crippen MR) is 157 cm³/mol. The Balaban J connectivity index is 1.15. The van der Waals surface area contributed by atoms with Gasteiger partial charge in [0.05, 0.1) is 51.9 Å². The van der Waals surface area contributed by atoms with Crippen molar-refractivity contribution in [2.24, 2.45) is 5.41 Å². The van der Waals surface area contributed by atoms with Crippen LogP contribution in [-0.4, -0.2) is 47.3 Å². The van der Waals surface area contributed by atoms with Gasteiger partial charge in [-0.2, -0.15) is 0 Å². The zero-order valence-corrected chi connectivity index (χ0v) is 24.9. The Bertz CT molecular complexity index is 1560. The lowest BCUT2D eigenvalue weighted by Gasteiger charge is -2.43. The summed E-state index contributed by atoms with van der Waals surface area (Å²) in [7, 11) is 0. The van der Waals surface area contributed by atoms with Gasteiger partial charge in [-0.1, -0.05) is 23.4 Å². The van der Waals surface area contributed by atoms with Gasteiger partial charge in [0, 0.05) is 39.6 Å². The number of H-pyrrole nitrogens is 1. The molecule has 204 valence electrons. The summed E-state index contributed by atoms with van der Waals surface area (Å²) in [6, 6.07) is 3.66. The van der Waals surface area contributed by atoms with Gasteiger partial charge in [-0.25, -0.2) is 19.9 Å². The molecule has 1 spiro atoms. The first-order valence-corrected chi connectivity index (χ1v) is 15.9. The molecule has 39 heavy (non-hydrogen) atoms. The Hall–Kier alpha value is -2.22. The van der Waals surface area contributed by atoms with Gasteiger partial charge in [-0.15, -0.1) is 16.1 Å². The predicted octanol–water partition coefficient (Wildman–Crippen LogP) is 4.91. The largest absolute Gasteiger partial charge is 0.598 e. The number of aromatic amines is 1. The molecule has 2 atom stereocenters. The van der Waals surface area contributed by atoms with Crippen molar-refractivity contribution in [3.63, 3.8) is 0 Å². The molecule has 0 amide bonds. The molecule has 6 rings (SSSR count). The number of thiazole rings is 1. The monoisotopic (exact) mass is 601 g/mol. The highest BCUT2D eigenvalue weighted by Gasteiger charge is 2.52. The summed E-state index contributed by atoms with van der Waals surface area (Å²) < 4.78 is 16.2. The first-order valence-electron chi connectivity index (χ1n) is 12.7. The number of anilines is 1. The van der Waals surface area contributed by atoms with Crippen molar-refractivity contribution in [2.45, 2.75) is 60.7 Å². The average molecular weight is 602 g/mol. The van der Waals surface area contributed by atoms with Crippen LogP contribution in [0.1, 0.15) is 50.2 Å². The van der Waals surface area contributed by atoms with Gasteiger partial charge in [0.15, 0.2) is 0 Å². The van der Waals surface area contributed by atoms with E-state index in [9.17, 15) is 9.35 Å². The molecule has 1 unspecified atom stereocenters. The molecule has 0 bridgehead atoms. The summed E-state index contributed by atoms with van der Waals surface area (Å²) in [5.41, 5.74) is 3.31. The Morgan fingerprint density at radius 1 is 1.21 bits per heavy atom. The third kappa shape index (κ3) is 5.07. The van der Waals surface area contributed by atoms with E-state index in [0.29, 0.717) is 21.0 Å². The standard InChI is InChI=1S/C26H28ClN7O2S3/c1-25(2,3)39(36)33-23-22-16(32-14-37-22)10-26(23)6-8-34(9-7-26)18-11-29-19(12-28-18)38-17-5-4-15-20(21(17)27)24(35)31-13-30-15/h4-5,11-14,23,33H,6-10H2,1-3H3,(H,30,31,35)/t23-,39?/m1/s1. The highest BCUT2D eigenvalue weighted by molar-refractivity contribution is 7.99. The minimum absolute atomic E-state index is 0.00437.